The first kappa shape index (κ1) is 15.0. The van der Waals surface area contributed by atoms with E-state index in [0.717, 1.165) is 18.4 Å². The predicted molar refractivity (Wildman–Crippen MR) is 74.1 cm³/mol. The van der Waals surface area contributed by atoms with Crippen molar-refractivity contribution in [3.8, 4) is 0 Å². The summed E-state index contributed by atoms with van der Waals surface area (Å²) >= 11 is 19.0. The fourth-order valence-corrected chi connectivity index (χ4v) is 2.16. The van der Waals surface area contributed by atoms with Crippen LogP contribution in [0.1, 0.15) is 19.8 Å². The molecule has 0 spiro atoms. The molecule has 0 aromatic carbocycles. The normalized spacial score (nSPS) is 17.2. The van der Waals surface area contributed by atoms with Crippen LogP contribution in [-0.2, 0) is 0 Å². The van der Waals surface area contributed by atoms with Gasteiger partial charge < -0.3 is 0 Å². The quantitative estimate of drug-likeness (QED) is 0.447. The molecule has 0 aromatic rings. The van der Waals surface area contributed by atoms with E-state index in [1.165, 1.54) is 0 Å². The number of hydrogen-bond acceptors (Lipinski definition) is 0. The predicted octanol–water partition coefficient (Wildman–Crippen LogP) is 5.23. The van der Waals surface area contributed by atoms with Gasteiger partial charge in [0.2, 0.25) is 0 Å². The summed E-state index contributed by atoms with van der Waals surface area (Å²) in [6, 6.07) is 0. The van der Waals surface area contributed by atoms with Gasteiger partial charge in [0.05, 0.1) is 4.87 Å². The molecule has 0 bridgehead atoms. The standard InChI is InChI=1S/C10H14Br2Cl2/c1-7(2)9(12)4-5-10(14,6-11)8(3)13/h9H,1,3-6H2,2H3. The highest BCUT2D eigenvalue weighted by Crippen LogP contribution is 2.35. The molecule has 0 rings (SSSR count). The number of alkyl halides is 3. The lowest BCUT2D eigenvalue weighted by molar-refractivity contribution is 0.649. The van der Waals surface area contributed by atoms with E-state index in [-0.39, 0.29) is 4.83 Å². The molecule has 0 saturated carbocycles. The van der Waals surface area contributed by atoms with Gasteiger partial charge in [-0.3, -0.25) is 0 Å². The van der Waals surface area contributed by atoms with Crippen LogP contribution in [0.2, 0.25) is 0 Å². The average molecular weight is 365 g/mol. The van der Waals surface area contributed by atoms with Crippen molar-refractivity contribution in [1.82, 2.24) is 0 Å². The number of hydrogen-bond donors (Lipinski definition) is 0. The van der Waals surface area contributed by atoms with Crippen LogP contribution in [0.25, 0.3) is 0 Å². The fraction of sp³-hybridized carbons (Fsp3) is 0.600. The van der Waals surface area contributed by atoms with Crippen LogP contribution >= 0.6 is 55.1 Å². The molecule has 0 saturated heterocycles. The van der Waals surface area contributed by atoms with Crippen LogP contribution in [0.4, 0.5) is 0 Å². The minimum atomic E-state index is -0.553. The number of rotatable bonds is 6. The molecule has 0 aliphatic carbocycles. The Kier molecular flexibility index (Phi) is 7.05. The number of allylic oxidation sites excluding steroid dienone is 2. The Morgan fingerprint density at radius 1 is 1.50 bits per heavy atom. The third kappa shape index (κ3) is 4.69. The second-order valence-corrected chi connectivity index (χ2v) is 6.20. The maximum Gasteiger partial charge on any atom is 0.0891 e. The Bertz CT molecular complexity index is 228. The van der Waals surface area contributed by atoms with E-state index in [4.69, 9.17) is 23.2 Å². The molecule has 0 N–H and O–H groups in total. The Morgan fingerprint density at radius 2 is 2.00 bits per heavy atom. The highest BCUT2D eigenvalue weighted by molar-refractivity contribution is 9.09. The average Bonchev–Trinajstić information content (AvgIpc) is 2.12. The minimum absolute atomic E-state index is 0.288. The van der Waals surface area contributed by atoms with Crippen molar-refractivity contribution >= 4 is 55.1 Å². The van der Waals surface area contributed by atoms with Crippen LogP contribution in [0.3, 0.4) is 0 Å². The van der Waals surface area contributed by atoms with Crippen LogP contribution < -0.4 is 0 Å². The Balaban J connectivity index is 4.21. The number of halogens is 4. The van der Waals surface area contributed by atoms with E-state index in [2.05, 4.69) is 45.0 Å². The van der Waals surface area contributed by atoms with Crippen molar-refractivity contribution in [2.75, 3.05) is 5.33 Å². The first-order chi connectivity index (χ1) is 6.33. The molecule has 0 amide bonds. The zero-order valence-corrected chi connectivity index (χ0v) is 12.8. The molecule has 2 unspecified atom stereocenters. The van der Waals surface area contributed by atoms with Gasteiger partial charge in [-0.2, -0.15) is 0 Å². The summed E-state index contributed by atoms with van der Waals surface area (Å²) in [6.07, 6.45) is 1.67. The van der Waals surface area contributed by atoms with E-state index < -0.39 is 4.87 Å². The maximum atomic E-state index is 6.28. The largest absolute Gasteiger partial charge is 0.112 e. The second kappa shape index (κ2) is 6.57. The smallest absolute Gasteiger partial charge is 0.0891 e. The molecule has 0 aliphatic heterocycles. The highest BCUT2D eigenvalue weighted by atomic mass is 79.9. The first-order valence-electron chi connectivity index (χ1n) is 4.22. The van der Waals surface area contributed by atoms with Crippen molar-refractivity contribution in [1.29, 1.82) is 0 Å². The topological polar surface area (TPSA) is 0 Å². The van der Waals surface area contributed by atoms with E-state index in [1.807, 2.05) is 6.92 Å². The molecule has 4 heteroatoms. The molecule has 0 aromatic heterocycles. The van der Waals surface area contributed by atoms with Crippen LogP contribution in [0.15, 0.2) is 23.8 Å². The van der Waals surface area contributed by atoms with Crippen LogP contribution in [0, 0.1) is 0 Å². The third-order valence-electron chi connectivity index (χ3n) is 2.03. The van der Waals surface area contributed by atoms with Gasteiger partial charge in [0.1, 0.15) is 0 Å². The molecule has 82 valence electrons. The summed E-state index contributed by atoms with van der Waals surface area (Å²) in [4.78, 5) is -0.265. The van der Waals surface area contributed by atoms with Crippen LogP contribution in [0.5, 0.6) is 0 Å². The van der Waals surface area contributed by atoms with Crippen molar-refractivity contribution in [3.05, 3.63) is 23.8 Å². The van der Waals surface area contributed by atoms with Crippen molar-refractivity contribution in [2.24, 2.45) is 0 Å². The summed E-state index contributed by atoms with van der Waals surface area (Å²) in [5.74, 6) is 0. The Morgan fingerprint density at radius 3 is 2.29 bits per heavy atom. The SMILES string of the molecule is C=C(C)C(Br)CCC(Cl)(CBr)C(=C)Cl. The van der Waals surface area contributed by atoms with Gasteiger partial charge in [-0.05, 0) is 19.8 Å². The summed E-state index contributed by atoms with van der Waals surface area (Å²) in [5, 5.41) is 1.09. The lowest BCUT2D eigenvalue weighted by Gasteiger charge is -2.24. The van der Waals surface area contributed by atoms with E-state index in [1.54, 1.807) is 0 Å². The fourth-order valence-electron chi connectivity index (χ4n) is 0.877. The van der Waals surface area contributed by atoms with Crippen molar-refractivity contribution in [2.45, 2.75) is 29.5 Å². The molecular formula is C10H14Br2Cl2. The zero-order chi connectivity index (χ0) is 11.4. The lowest BCUT2D eigenvalue weighted by atomic mass is 10.0. The zero-order valence-electron chi connectivity index (χ0n) is 8.12. The van der Waals surface area contributed by atoms with Gasteiger partial charge in [0.25, 0.3) is 0 Å². The molecule has 0 heterocycles. The van der Waals surface area contributed by atoms with Gasteiger partial charge in [-0.25, -0.2) is 0 Å². The van der Waals surface area contributed by atoms with E-state index in [0.29, 0.717) is 10.4 Å². The lowest BCUT2D eigenvalue weighted by Crippen LogP contribution is -2.24. The molecule has 2 atom stereocenters. The first-order valence-corrected chi connectivity index (χ1v) is 7.02. The molecular weight excluding hydrogens is 351 g/mol. The summed E-state index contributed by atoms with van der Waals surface area (Å²) in [5.41, 5.74) is 1.10. The summed E-state index contributed by atoms with van der Waals surface area (Å²) < 4.78 is 0. The van der Waals surface area contributed by atoms with E-state index >= 15 is 0 Å². The monoisotopic (exact) mass is 362 g/mol. The second-order valence-electron chi connectivity index (χ2n) is 3.36. The van der Waals surface area contributed by atoms with Gasteiger partial charge in [0, 0.05) is 15.2 Å². The van der Waals surface area contributed by atoms with E-state index in [9.17, 15) is 0 Å². The molecule has 0 radical (unpaired) electrons. The summed E-state index contributed by atoms with van der Waals surface area (Å²) in [6.45, 7) is 9.54. The molecule has 14 heavy (non-hydrogen) atoms. The van der Waals surface area contributed by atoms with Crippen molar-refractivity contribution in [3.63, 3.8) is 0 Å². The van der Waals surface area contributed by atoms with Gasteiger partial charge in [-0.15, -0.1) is 11.6 Å². The van der Waals surface area contributed by atoms with Crippen LogP contribution in [-0.4, -0.2) is 15.0 Å². The molecule has 0 fully saturated rings. The maximum absolute atomic E-state index is 6.28. The molecule has 0 aliphatic rings. The van der Waals surface area contributed by atoms with Crippen molar-refractivity contribution < 1.29 is 0 Å². The Hall–Kier alpha value is 1.02. The highest BCUT2D eigenvalue weighted by Gasteiger charge is 2.29. The molecule has 0 nitrogen and oxygen atoms in total. The van der Waals surface area contributed by atoms with Gasteiger partial charge >= 0.3 is 0 Å². The summed E-state index contributed by atoms with van der Waals surface area (Å²) in [7, 11) is 0. The van der Waals surface area contributed by atoms with Gasteiger partial charge in [-0.1, -0.05) is 62.2 Å². The third-order valence-corrected chi connectivity index (χ3v) is 5.56. The Labute approximate surface area is 113 Å². The van der Waals surface area contributed by atoms with Gasteiger partial charge in [0.15, 0.2) is 0 Å². The minimum Gasteiger partial charge on any atom is -0.112 e.